The van der Waals surface area contributed by atoms with Crippen LogP contribution in [0, 0.1) is 0 Å². The monoisotopic (exact) mass is 258 g/mol. The average Bonchev–Trinajstić information content (AvgIpc) is 2.29. The molecule has 0 radical (unpaired) electrons. The topological polar surface area (TPSA) is 49.8 Å². The first-order valence-corrected chi connectivity index (χ1v) is 6.94. The summed E-state index contributed by atoms with van der Waals surface area (Å²) in [5.74, 6) is 0.830. The van der Waals surface area contributed by atoms with Crippen molar-refractivity contribution in [2.24, 2.45) is 0 Å². The number of hydrogen-bond acceptors (Lipinski definition) is 5. The average molecular weight is 259 g/mol. The number of rotatable bonds is 3. The van der Waals surface area contributed by atoms with Crippen molar-refractivity contribution >= 4 is 29.2 Å². The second-order valence-corrected chi connectivity index (χ2v) is 4.89. The molecule has 1 fully saturated rings. The summed E-state index contributed by atoms with van der Waals surface area (Å²) in [5, 5.41) is 7.95. The SMILES string of the molecule is CSc1nc(Cl)cc(NC2CCNCC2)n1. The van der Waals surface area contributed by atoms with Crippen LogP contribution >= 0.6 is 23.4 Å². The summed E-state index contributed by atoms with van der Waals surface area (Å²) in [5.41, 5.74) is 0. The molecule has 88 valence electrons. The molecule has 0 saturated carbocycles. The van der Waals surface area contributed by atoms with Gasteiger partial charge in [0, 0.05) is 12.1 Å². The number of thioether (sulfide) groups is 1. The van der Waals surface area contributed by atoms with E-state index in [0.717, 1.165) is 31.7 Å². The van der Waals surface area contributed by atoms with Crippen LogP contribution in [-0.4, -0.2) is 35.4 Å². The van der Waals surface area contributed by atoms with Gasteiger partial charge in [0.2, 0.25) is 0 Å². The molecule has 1 saturated heterocycles. The molecule has 0 aliphatic carbocycles. The highest BCUT2D eigenvalue weighted by molar-refractivity contribution is 7.98. The molecular weight excluding hydrogens is 244 g/mol. The van der Waals surface area contributed by atoms with Crippen LogP contribution in [0.1, 0.15) is 12.8 Å². The molecule has 2 heterocycles. The lowest BCUT2D eigenvalue weighted by atomic mass is 10.1. The lowest BCUT2D eigenvalue weighted by molar-refractivity contribution is 0.478. The standard InChI is InChI=1S/C10H15ClN4S/c1-16-10-14-8(11)6-9(15-10)13-7-2-4-12-5-3-7/h6-7,12H,2-5H2,1H3,(H,13,14,15). The van der Waals surface area contributed by atoms with Crippen molar-refractivity contribution in [1.82, 2.24) is 15.3 Å². The van der Waals surface area contributed by atoms with E-state index >= 15 is 0 Å². The van der Waals surface area contributed by atoms with Crippen LogP contribution < -0.4 is 10.6 Å². The fourth-order valence-corrected chi connectivity index (χ4v) is 2.35. The van der Waals surface area contributed by atoms with E-state index in [9.17, 15) is 0 Å². The molecule has 1 aliphatic rings. The van der Waals surface area contributed by atoms with Crippen molar-refractivity contribution in [2.45, 2.75) is 24.0 Å². The largest absolute Gasteiger partial charge is 0.367 e. The quantitative estimate of drug-likeness (QED) is 0.494. The number of anilines is 1. The predicted molar refractivity (Wildman–Crippen MR) is 68.3 cm³/mol. The van der Waals surface area contributed by atoms with Gasteiger partial charge in [-0.05, 0) is 32.2 Å². The normalized spacial score (nSPS) is 17.4. The molecule has 2 N–H and O–H groups in total. The van der Waals surface area contributed by atoms with E-state index in [-0.39, 0.29) is 0 Å². The Morgan fingerprint density at radius 2 is 2.19 bits per heavy atom. The van der Waals surface area contributed by atoms with E-state index in [1.54, 1.807) is 6.07 Å². The van der Waals surface area contributed by atoms with Crippen LogP contribution in [0.15, 0.2) is 11.2 Å². The lowest BCUT2D eigenvalue weighted by Crippen LogP contribution is -2.35. The van der Waals surface area contributed by atoms with Crippen LogP contribution in [0.2, 0.25) is 5.15 Å². The summed E-state index contributed by atoms with van der Waals surface area (Å²) in [6.45, 7) is 2.12. The molecule has 1 aromatic rings. The van der Waals surface area contributed by atoms with Crippen molar-refractivity contribution in [2.75, 3.05) is 24.7 Å². The minimum Gasteiger partial charge on any atom is -0.367 e. The zero-order valence-corrected chi connectivity index (χ0v) is 10.7. The Morgan fingerprint density at radius 3 is 2.88 bits per heavy atom. The number of nitrogens with zero attached hydrogens (tertiary/aromatic N) is 2. The van der Waals surface area contributed by atoms with Crippen molar-refractivity contribution in [3.63, 3.8) is 0 Å². The van der Waals surface area contributed by atoms with Gasteiger partial charge >= 0.3 is 0 Å². The Kier molecular flexibility index (Phi) is 4.26. The van der Waals surface area contributed by atoms with E-state index in [2.05, 4.69) is 20.6 Å². The molecule has 1 aliphatic heterocycles. The number of piperidine rings is 1. The molecule has 0 atom stereocenters. The maximum Gasteiger partial charge on any atom is 0.190 e. The predicted octanol–water partition coefficient (Wildman–Crippen LogP) is 2.02. The van der Waals surface area contributed by atoms with Crippen LogP contribution in [0.4, 0.5) is 5.82 Å². The number of halogens is 1. The zero-order valence-electron chi connectivity index (χ0n) is 9.16. The van der Waals surface area contributed by atoms with Crippen LogP contribution in [0.3, 0.4) is 0 Å². The Balaban J connectivity index is 2.04. The van der Waals surface area contributed by atoms with Gasteiger partial charge in [-0.25, -0.2) is 9.97 Å². The molecule has 16 heavy (non-hydrogen) atoms. The number of nitrogens with one attached hydrogen (secondary N) is 2. The molecule has 0 amide bonds. The fraction of sp³-hybridized carbons (Fsp3) is 0.600. The molecule has 6 heteroatoms. The van der Waals surface area contributed by atoms with Gasteiger partial charge in [0.25, 0.3) is 0 Å². The number of hydrogen-bond donors (Lipinski definition) is 2. The molecule has 0 spiro atoms. The van der Waals surface area contributed by atoms with Gasteiger partial charge in [-0.2, -0.15) is 0 Å². The van der Waals surface area contributed by atoms with E-state index in [1.165, 1.54) is 11.8 Å². The minimum atomic E-state index is 0.488. The molecule has 4 nitrogen and oxygen atoms in total. The smallest absolute Gasteiger partial charge is 0.190 e. The lowest BCUT2D eigenvalue weighted by Gasteiger charge is -2.24. The van der Waals surface area contributed by atoms with Gasteiger partial charge in [0.15, 0.2) is 5.16 Å². The van der Waals surface area contributed by atoms with Gasteiger partial charge in [0.1, 0.15) is 11.0 Å². The van der Waals surface area contributed by atoms with Crippen LogP contribution in [-0.2, 0) is 0 Å². The van der Waals surface area contributed by atoms with Gasteiger partial charge in [-0.3, -0.25) is 0 Å². The van der Waals surface area contributed by atoms with Crippen molar-refractivity contribution in [3.8, 4) is 0 Å². The van der Waals surface area contributed by atoms with Crippen LogP contribution in [0.5, 0.6) is 0 Å². The maximum absolute atomic E-state index is 5.93. The van der Waals surface area contributed by atoms with E-state index in [0.29, 0.717) is 16.4 Å². The van der Waals surface area contributed by atoms with Gasteiger partial charge < -0.3 is 10.6 Å². The summed E-state index contributed by atoms with van der Waals surface area (Å²) in [6, 6.07) is 2.27. The second kappa shape index (κ2) is 5.70. The van der Waals surface area contributed by atoms with Gasteiger partial charge in [0.05, 0.1) is 0 Å². The molecule has 0 unspecified atom stereocenters. The van der Waals surface area contributed by atoms with Crippen molar-refractivity contribution < 1.29 is 0 Å². The second-order valence-electron chi connectivity index (χ2n) is 3.73. The zero-order chi connectivity index (χ0) is 11.4. The Bertz CT molecular complexity index is 355. The van der Waals surface area contributed by atoms with Gasteiger partial charge in [-0.15, -0.1) is 0 Å². The summed E-state index contributed by atoms with van der Waals surface area (Å²) in [7, 11) is 0. The highest BCUT2D eigenvalue weighted by Gasteiger charge is 2.13. The van der Waals surface area contributed by atoms with E-state index < -0.39 is 0 Å². The van der Waals surface area contributed by atoms with Crippen LogP contribution in [0.25, 0.3) is 0 Å². The third-order valence-electron chi connectivity index (χ3n) is 2.55. The van der Waals surface area contributed by atoms with E-state index in [1.807, 2.05) is 6.26 Å². The Labute approximate surface area is 105 Å². The molecular formula is C10H15ClN4S. The van der Waals surface area contributed by atoms with Crippen molar-refractivity contribution in [1.29, 1.82) is 0 Å². The molecule has 0 bridgehead atoms. The van der Waals surface area contributed by atoms with Crippen molar-refractivity contribution in [3.05, 3.63) is 11.2 Å². The highest BCUT2D eigenvalue weighted by Crippen LogP contribution is 2.19. The summed E-state index contributed by atoms with van der Waals surface area (Å²) < 4.78 is 0. The summed E-state index contributed by atoms with van der Waals surface area (Å²) >= 11 is 7.43. The first kappa shape index (κ1) is 12.0. The minimum absolute atomic E-state index is 0.488. The van der Waals surface area contributed by atoms with E-state index in [4.69, 9.17) is 11.6 Å². The Morgan fingerprint density at radius 1 is 1.44 bits per heavy atom. The molecule has 0 aromatic carbocycles. The third-order valence-corrected chi connectivity index (χ3v) is 3.29. The number of aromatic nitrogens is 2. The first-order chi connectivity index (χ1) is 7.78. The Hall–Kier alpha value is -0.520. The summed E-state index contributed by atoms with van der Waals surface area (Å²) in [6.07, 6.45) is 4.19. The highest BCUT2D eigenvalue weighted by atomic mass is 35.5. The van der Waals surface area contributed by atoms with Gasteiger partial charge in [-0.1, -0.05) is 23.4 Å². The molecule has 1 aromatic heterocycles. The third kappa shape index (κ3) is 3.23. The maximum atomic E-state index is 5.93. The first-order valence-electron chi connectivity index (χ1n) is 5.34. The summed E-state index contributed by atoms with van der Waals surface area (Å²) in [4.78, 5) is 8.49. The fourth-order valence-electron chi connectivity index (χ4n) is 1.74. The molecule has 2 rings (SSSR count).